The smallest absolute Gasteiger partial charge is 0.306 e. The van der Waals surface area contributed by atoms with Crippen LogP contribution in [0.3, 0.4) is 0 Å². The molecular formula is C14H22ClNO2S. The van der Waals surface area contributed by atoms with E-state index in [1.807, 2.05) is 33.8 Å². The molecule has 0 saturated carbocycles. The van der Waals surface area contributed by atoms with Crippen LogP contribution in [0, 0.1) is 12.3 Å². The van der Waals surface area contributed by atoms with E-state index in [2.05, 4.69) is 0 Å². The summed E-state index contributed by atoms with van der Waals surface area (Å²) in [6, 6.07) is 1.93. The summed E-state index contributed by atoms with van der Waals surface area (Å²) in [6.07, 6.45) is 1.11. The second-order valence-corrected chi connectivity index (χ2v) is 7.25. The summed E-state index contributed by atoms with van der Waals surface area (Å²) in [4.78, 5) is 12.6. The third kappa shape index (κ3) is 5.13. The molecule has 0 aliphatic heterocycles. The molecule has 1 aromatic rings. The molecule has 1 heterocycles. The number of ether oxygens (including phenoxy) is 1. The van der Waals surface area contributed by atoms with Crippen LogP contribution in [0.1, 0.15) is 50.1 Å². The monoisotopic (exact) mass is 303 g/mol. The van der Waals surface area contributed by atoms with Crippen LogP contribution < -0.4 is 5.73 Å². The van der Waals surface area contributed by atoms with Crippen molar-refractivity contribution in [3.63, 3.8) is 0 Å². The Hall–Kier alpha value is -0.580. The zero-order valence-corrected chi connectivity index (χ0v) is 13.5. The van der Waals surface area contributed by atoms with Crippen LogP contribution in [0.25, 0.3) is 0 Å². The second kappa shape index (κ2) is 6.73. The summed E-state index contributed by atoms with van der Waals surface area (Å²) < 4.78 is 5.78. The van der Waals surface area contributed by atoms with Crippen molar-refractivity contribution >= 4 is 28.9 Å². The molecular weight excluding hydrogens is 282 g/mol. The summed E-state index contributed by atoms with van der Waals surface area (Å²) in [5, 5.41) is 0. The van der Waals surface area contributed by atoms with Gasteiger partial charge in [0, 0.05) is 10.9 Å². The predicted molar refractivity (Wildman–Crippen MR) is 80.6 cm³/mol. The lowest BCUT2D eigenvalue weighted by molar-refractivity contribution is -0.145. The molecule has 5 heteroatoms. The highest BCUT2D eigenvalue weighted by molar-refractivity contribution is 7.16. The van der Waals surface area contributed by atoms with E-state index in [0.29, 0.717) is 13.0 Å². The lowest BCUT2D eigenvalue weighted by Crippen LogP contribution is -2.24. The van der Waals surface area contributed by atoms with Crippen LogP contribution in [0.5, 0.6) is 0 Å². The number of rotatable bonds is 6. The largest absolute Gasteiger partial charge is 0.466 e. The maximum Gasteiger partial charge on any atom is 0.306 e. The Balaban J connectivity index is 2.64. The van der Waals surface area contributed by atoms with Gasteiger partial charge < -0.3 is 10.5 Å². The molecule has 3 nitrogen and oxygen atoms in total. The van der Waals surface area contributed by atoms with Crippen molar-refractivity contribution in [1.82, 2.24) is 0 Å². The number of nitrogens with two attached hydrogens (primary N) is 1. The number of halogens is 1. The molecule has 0 radical (unpaired) electrons. The van der Waals surface area contributed by atoms with E-state index in [1.165, 1.54) is 11.3 Å². The van der Waals surface area contributed by atoms with Crippen molar-refractivity contribution in [1.29, 1.82) is 0 Å². The van der Waals surface area contributed by atoms with Crippen LogP contribution in [0.15, 0.2) is 6.07 Å². The van der Waals surface area contributed by atoms with Gasteiger partial charge in [0.25, 0.3) is 0 Å². The lowest BCUT2D eigenvalue weighted by Gasteiger charge is -2.26. The van der Waals surface area contributed by atoms with Gasteiger partial charge in [-0.15, -0.1) is 11.3 Å². The molecule has 0 aromatic carbocycles. The molecule has 0 aliphatic carbocycles. The topological polar surface area (TPSA) is 52.3 Å². The fraction of sp³-hybridized carbons (Fsp3) is 0.643. The van der Waals surface area contributed by atoms with Crippen molar-refractivity contribution in [3.05, 3.63) is 20.8 Å². The molecule has 0 saturated heterocycles. The Morgan fingerprint density at radius 2 is 2.21 bits per heavy atom. The highest BCUT2D eigenvalue weighted by Gasteiger charge is 2.27. The van der Waals surface area contributed by atoms with Gasteiger partial charge in [0.1, 0.15) is 0 Å². The van der Waals surface area contributed by atoms with Crippen molar-refractivity contribution < 1.29 is 9.53 Å². The fourth-order valence-electron chi connectivity index (χ4n) is 2.04. The number of esters is 1. The molecule has 1 unspecified atom stereocenters. The van der Waals surface area contributed by atoms with Crippen molar-refractivity contribution in [2.75, 3.05) is 6.61 Å². The number of hydrogen-bond donors (Lipinski definition) is 1. The predicted octanol–water partition coefficient (Wildman–Crippen LogP) is 4.08. The molecule has 1 atom stereocenters. The van der Waals surface area contributed by atoms with Gasteiger partial charge in [-0.2, -0.15) is 0 Å². The van der Waals surface area contributed by atoms with E-state index in [0.717, 1.165) is 21.2 Å². The standard InChI is InChI=1S/C14H22ClNO2S/c1-5-18-12(17)8-14(3,4)7-10(16)11-6-9(2)13(15)19-11/h6,10H,5,7-8,16H2,1-4H3. The summed E-state index contributed by atoms with van der Waals surface area (Å²) in [5.74, 6) is -0.167. The van der Waals surface area contributed by atoms with Crippen molar-refractivity contribution in [2.24, 2.45) is 11.1 Å². The molecule has 0 spiro atoms. The van der Waals surface area contributed by atoms with Gasteiger partial charge in [-0.05, 0) is 37.3 Å². The molecule has 0 amide bonds. The molecule has 0 fully saturated rings. The van der Waals surface area contributed by atoms with Crippen LogP contribution >= 0.6 is 22.9 Å². The first-order valence-corrected chi connectivity index (χ1v) is 7.61. The minimum atomic E-state index is -0.184. The molecule has 0 aliphatic rings. The maximum absolute atomic E-state index is 11.6. The summed E-state index contributed by atoms with van der Waals surface area (Å²) >= 11 is 7.58. The van der Waals surface area contributed by atoms with E-state index in [-0.39, 0.29) is 17.4 Å². The van der Waals surface area contributed by atoms with Gasteiger partial charge in [0.15, 0.2) is 0 Å². The Kier molecular flexibility index (Phi) is 5.83. The number of hydrogen-bond acceptors (Lipinski definition) is 4. The number of carbonyl (C=O) groups is 1. The van der Waals surface area contributed by atoms with Gasteiger partial charge in [0.2, 0.25) is 0 Å². The highest BCUT2D eigenvalue weighted by atomic mass is 35.5. The van der Waals surface area contributed by atoms with Crippen LogP contribution in [-0.4, -0.2) is 12.6 Å². The van der Waals surface area contributed by atoms with E-state index >= 15 is 0 Å². The Morgan fingerprint density at radius 3 is 2.68 bits per heavy atom. The third-order valence-electron chi connectivity index (χ3n) is 2.94. The zero-order valence-electron chi connectivity index (χ0n) is 12.0. The first-order chi connectivity index (χ1) is 8.75. The molecule has 108 valence electrons. The quantitative estimate of drug-likeness (QED) is 0.806. The number of thiophene rings is 1. The molecule has 0 bridgehead atoms. The van der Waals surface area contributed by atoms with Gasteiger partial charge >= 0.3 is 5.97 Å². The lowest BCUT2D eigenvalue weighted by atomic mass is 9.82. The average Bonchev–Trinajstić information content (AvgIpc) is 2.58. The van der Waals surface area contributed by atoms with E-state index < -0.39 is 0 Å². The van der Waals surface area contributed by atoms with Crippen LogP contribution in [0.4, 0.5) is 0 Å². The van der Waals surface area contributed by atoms with E-state index in [1.54, 1.807) is 0 Å². The van der Waals surface area contributed by atoms with Crippen LogP contribution in [-0.2, 0) is 9.53 Å². The molecule has 2 N–H and O–H groups in total. The normalized spacial score (nSPS) is 13.4. The first kappa shape index (κ1) is 16.5. The number of carbonyl (C=O) groups excluding carboxylic acids is 1. The first-order valence-electron chi connectivity index (χ1n) is 6.42. The third-order valence-corrected chi connectivity index (χ3v) is 4.63. The Bertz CT molecular complexity index is 423. The summed E-state index contributed by atoms with van der Waals surface area (Å²) in [7, 11) is 0. The average molecular weight is 304 g/mol. The summed E-state index contributed by atoms with van der Waals surface area (Å²) in [5.41, 5.74) is 7.08. The van der Waals surface area contributed by atoms with Gasteiger partial charge in [-0.3, -0.25) is 4.79 Å². The van der Waals surface area contributed by atoms with Gasteiger partial charge in [-0.25, -0.2) is 0 Å². The Morgan fingerprint density at radius 1 is 1.58 bits per heavy atom. The van der Waals surface area contributed by atoms with Crippen molar-refractivity contribution in [2.45, 2.75) is 46.6 Å². The van der Waals surface area contributed by atoms with Gasteiger partial charge in [0.05, 0.1) is 17.4 Å². The minimum Gasteiger partial charge on any atom is -0.466 e. The number of aryl methyl sites for hydroxylation is 1. The van der Waals surface area contributed by atoms with E-state index in [9.17, 15) is 4.79 Å². The second-order valence-electron chi connectivity index (χ2n) is 5.56. The van der Waals surface area contributed by atoms with Crippen LogP contribution in [0.2, 0.25) is 4.34 Å². The highest BCUT2D eigenvalue weighted by Crippen LogP contribution is 2.37. The van der Waals surface area contributed by atoms with Gasteiger partial charge in [-0.1, -0.05) is 25.4 Å². The zero-order chi connectivity index (χ0) is 14.6. The summed E-state index contributed by atoms with van der Waals surface area (Å²) in [6.45, 7) is 8.27. The van der Waals surface area contributed by atoms with Crippen molar-refractivity contribution in [3.8, 4) is 0 Å². The fourth-order valence-corrected chi connectivity index (χ4v) is 3.26. The SMILES string of the molecule is CCOC(=O)CC(C)(C)CC(N)c1cc(C)c(Cl)s1. The van der Waals surface area contributed by atoms with E-state index in [4.69, 9.17) is 22.1 Å². The minimum absolute atomic E-state index is 0.0966. The molecule has 1 rings (SSSR count). The molecule has 1 aromatic heterocycles. The maximum atomic E-state index is 11.6. The molecule has 19 heavy (non-hydrogen) atoms. The Labute approximate surface area is 124 Å².